The third-order valence-corrected chi connectivity index (χ3v) is 4.18. The average Bonchev–Trinajstić information content (AvgIpc) is 3.10. The maximum absolute atomic E-state index is 12.2. The van der Waals surface area contributed by atoms with Gasteiger partial charge in [0.05, 0.1) is 5.56 Å². The summed E-state index contributed by atoms with van der Waals surface area (Å²) in [7, 11) is 0. The Balaban J connectivity index is 1.79. The monoisotopic (exact) mass is 361 g/mol. The van der Waals surface area contributed by atoms with Gasteiger partial charge in [-0.1, -0.05) is 37.6 Å². The summed E-state index contributed by atoms with van der Waals surface area (Å²) in [6.45, 7) is 3.88. The number of benzene rings is 1. The lowest BCUT2D eigenvalue weighted by atomic mass is 10.0. The molecule has 0 heterocycles. The molecule has 3 N–H and O–H groups in total. The molecule has 0 atom stereocenters. The first-order chi connectivity index (χ1) is 12.1. The Kier molecular flexibility index (Phi) is 7.40. The average molecular weight is 361 g/mol. The maximum atomic E-state index is 12.2. The first-order valence-electron chi connectivity index (χ1n) is 8.33. The third kappa shape index (κ3) is 6.19. The second kappa shape index (κ2) is 9.78. The van der Waals surface area contributed by atoms with Gasteiger partial charge in [-0.05, 0) is 43.1 Å². The summed E-state index contributed by atoms with van der Waals surface area (Å²) in [4.78, 5) is 24.2. The van der Waals surface area contributed by atoms with Gasteiger partial charge in [0.1, 0.15) is 12.4 Å². The predicted molar refractivity (Wildman–Crippen MR) is 100 cm³/mol. The van der Waals surface area contributed by atoms with E-state index in [4.69, 9.17) is 17.0 Å². The molecule has 7 heteroatoms. The van der Waals surface area contributed by atoms with Crippen LogP contribution in [0.25, 0.3) is 0 Å². The van der Waals surface area contributed by atoms with E-state index in [1.54, 1.807) is 30.3 Å². The van der Waals surface area contributed by atoms with E-state index in [1.165, 1.54) is 12.8 Å². The Morgan fingerprint density at radius 2 is 1.96 bits per heavy atom. The molecule has 134 valence electrons. The number of hydrogen-bond acceptors (Lipinski definition) is 4. The van der Waals surface area contributed by atoms with Crippen LogP contribution < -0.4 is 20.9 Å². The van der Waals surface area contributed by atoms with Crippen LogP contribution in [0.5, 0.6) is 5.75 Å². The molecule has 0 unspecified atom stereocenters. The fourth-order valence-electron chi connectivity index (χ4n) is 2.80. The minimum atomic E-state index is -0.410. The summed E-state index contributed by atoms with van der Waals surface area (Å²) in [5, 5.41) is 2.65. The normalized spacial score (nSPS) is 13.8. The Bertz CT molecular complexity index is 642. The number of rotatable bonds is 6. The number of hydrogen-bond donors (Lipinski definition) is 3. The molecule has 25 heavy (non-hydrogen) atoms. The Morgan fingerprint density at radius 3 is 2.68 bits per heavy atom. The molecule has 1 aliphatic rings. The van der Waals surface area contributed by atoms with Crippen LogP contribution in [-0.2, 0) is 4.79 Å². The van der Waals surface area contributed by atoms with Crippen molar-refractivity contribution in [2.24, 2.45) is 5.92 Å². The van der Waals surface area contributed by atoms with Gasteiger partial charge in [0.25, 0.3) is 5.91 Å². The van der Waals surface area contributed by atoms with Crippen molar-refractivity contribution in [3.05, 3.63) is 42.5 Å². The van der Waals surface area contributed by atoms with E-state index in [9.17, 15) is 9.59 Å². The quantitative estimate of drug-likeness (QED) is 0.412. The van der Waals surface area contributed by atoms with Crippen LogP contribution in [0.1, 0.15) is 42.5 Å². The summed E-state index contributed by atoms with van der Waals surface area (Å²) in [6, 6.07) is 6.84. The smallest absolute Gasteiger partial charge is 0.273 e. The Hall–Kier alpha value is -2.41. The number of carbonyl (C=O) groups excluding carboxylic acids is 2. The molecule has 0 saturated heterocycles. The van der Waals surface area contributed by atoms with Crippen LogP contribution in [0.15, 0.2) is 36.9 Å². The van der Waals surface area contributed by atoms with E-state index in [-0.39, 0.29) is 11.0 Å². The lowest BCUT2D eigenvalue weighted by Gasteiger charge is -2.14. The van der Waals surface area contributed by atoms with Crippen molar-refractivity contribution in [2.45, 2.75) is 32.1 Å². The Labute approximate surface area is 153 Å². The zero-order valence-electron chi connectivity index (χ0n) is 14.0. The first kappa shape index (κ1) is 18.9. The molecule has 2 rings (SSSR count). The minimum Gasteiger partial charge on any atom is -0.489 e. The van der Waals surface area contributed by atoms with Crippen LogP contribution in [0, 0.1) is 5.92 Å². The fourth-order valence-corrected chi connectivity index (χ4v) is 2.96. The van der Waals surface area contributed by atoms with Crippen LogP contribution in [-0.4, -0.2) is 23.5 Å². The van der Waals surface area contributed by atoms with Gasteiger partial charge >= 0.3 is 0 Å². The number of thiocarbonyl (C=S) groups is 1. The first-order valence-corrected chi connectivity index (χ1v) is 8.74. The van der Waals surface area contributed by atoms with Crippen molar-refractivity contribution in [1.29, 1.82) is 0 Å². The molecular weight excluding hydrogens is 338 g/mol. The third-order valence-electron chi connectivity index (χ3n) is 3.98. The standard InChI is InChI=1S/C18H23N3O3S/c1-2-11-24-15-10-6-5-9-14(15)17(23)20-21-18(25)19-16(22)12-13-7-3-4-8-13/h2,5-6,9-10,13H,1,3-4,7-8,11-12H2,(H,20,23)(H2,19,21,22,25). The van der Waals surface area contributed by atoms with Gasteiger partial charge in [-0.3, -0.25) is 20.4 Å². The van der Waals surface area contributed by atoms with Crippen molar-refractivity contribution in [1.82, 2.24) is 16.2 Å². The van der Waals surface area contributed by atoms with Gasteiger partial charge < -0.3 is 10.1 Å². The molecule has 0 aliphatic heterocycles. The SMILES string of the molecule is C=CCOc1ccccc1C(=O)NNC(=S)NC(=O)CC1CCCC1. The number of ether oxygens (including phenoxy) is 1. The highest BCUT2D eigenvalue weighted by molar-refractivity contribution is 7.80. The lowest BCUT2D eigenvalue weighted by molar-refractivity contribution is -0.120. The van der Waals surface area contributed by atoms with Gasteiger partial charge in [0.15, 0.2) is 5.11 Å². The van der Waals surface area contributed by atoms with E-state index in [1.807, 2.05) is 0 Å². The number of carbonyl (C=O) groups is 2. The van der Waals surface area contributed by atoms with E-state index in [0.717, 1.165) is 12.8 Å². The van der Waals surface area contributed by atoms with Gasteiger partial charge in [-0.25, -0.2) is 0 Å². The second-order valence-electron chi connectivity index (χ2n) is 5.91. The molecule has 0 spiro atoms. The highest BCUT2D eigenvalue weighted by Gasteiger charge is 2.19. The van der Waals surface area contributed by atoms with Gasteiger partial charge in [-0.2, -0.15) is 0 Å². The molecule has 0 radical (unpaired) electrons. The second-order valence-corrected chi connectivity index (χ2v) is 6.32. The van der Waals surface area contributed by atoms with Crippen molar-refractivity contribution >= 4 is 29.1 Å². The van der Waals surface area contributed by atoms with Crippen LogP contribution in [0.2, 0.25) is 0 Å². The number of nitrogens with one attached hydrogen (secondary N) is 3. The van der Waals surface area contributed by atoms with Crippen molar-refractivity contribution in [3.63, 3.8) is 0 Å². The highest BCUT2D eigenvalue weighted by Crippen LogP contribution is 2.27. The van der Waals surface area contributed by atoms with E-state index < -0.39 is 5.91 Å². The van der Waals surface area contributed by atoms with Crippen molar-refractivity contribution < 1.29 is 14.3 Å². The number of amides is 2. The summed E-state index contributed by atoms with van der Waals surface area (Å²) < 4.78 is 5.44. The summed E-state index contributed by atoms with van der Waals surface area (Å²) in [5.74, 6) is 0.338. The van der Waals surface area contributed by atoms with Crippen molar-refractivity contribution in [2.75, 3.05) is 6.61 Å². The maximum Gasteiger partial charge on any atom is 0.273 e. The molecule has 6 nitrogen and oxygen atoms in total. The van der Waals surface area contributed by atoms with E-state index >= 15 is 0 Å². The summed E-state index contributed by atoms with van der Waals surface area (Å²) in [6.07, 6.45) is 6.61. The van der Waals surface area contributed by atoms with Crippen LogP contribution in [0.3, 0.4) is 0 Å². The highest BCUT2D eigenvalue weighted by atomic mass is 32.1. The molecule has 2 amide bonds. The largest absolute Gasteiger partial charge is 0.489 e. The van der Waals surface area contributed by atoms with Crippen molar-refractivity contribution in [3.8, 4) is 5.75 Å². The molecular formula is C18H23N3O3S. The molecule has 1 saturated carbocycles. The van der Waals surface area contributed by atoms with Gasteiger partial charge in [0, 0.05) is 6.42 Å². The minimum absolute atomic E-state index is 0.0702. The molecule has 0 aromatic heterocycles. The lowest BCUT2D eigenvalue weighted by Crippen LogP contribution is -2.48. The zero-order valence-corrected chi connectivity index (χ0v) is 14.9. The number of para-hydroxylation sites is 1. The molecule has 0 bridgehead atoms. The Morgan fingerprint density at radius 1 is 1.24 bits per heavy atom. The summed E-state index contributed by atoms with van der Waals surface area (Å²) in [5.41, 5.74) is 5.37. The number of hydrazine groups is 1. The van der Waals surface area contributed by atoms with Gasteiger partial charge in [-0.15, -0.1) is 0 Å². The fraction of sp³-hybridized carbons (Fsp3) is 0.389. The van der Waals surface area contributed by atoms with E-state index in [0.29, 0.717) is 30.3 Å². The molecule has 1 aliphatic carbocycles. The molecule has 1 aromatic rings. The zero-order chi connectivity index (χ0) is 18.1. The topological polar surface area (TPSA) is 79.5 Å². The van der Waals surface area contributed by atoms with Crippen LogP contribution in [0.4, 0.5) is 0 Å². The molecule has 1 fully saturated rings. The predicted octanol–water partition coefficient (Wildman–Crippen LogP) is 2.47. The molecule has 1 aromatic carbocycles. The van der Waals surface area contributed by atoms with E-state index in [2.05, 4.69) is 22.7 Å². The summed E-state index contributed by atoms with van der Waals surface area (Å²) >= 11 is 5.04. The van der Waals surface area contributed by atoms with Crippen LogP contribution >= 0.6 is 12.2 Å². The van der Waals surface area contributed by atoms with Gasteiger partial charge in [0.2, 0.25) is 5.91 Å².